The fourth-order valence-corrected chi connectivity index (χ4v) is 3.34. The van der Waals surface area contributed by atoms with E-state index in [0.29, 0.717) is 35.1 Å². The van der Waals surface area contributed by atoms with Crippen LogP contribution in [-0.2, 0) is 20.1 Å². The number of halogens is 1. The summed E-state index contributed by atoms with van der Waals surface area (Å²) in [6.07, 6.45) is 0. The summed E-state index contributed by atoms with van der Waals surface area (Å²) in [5.41, 5.74) is 2.87. The van der Waals surface area contributed by atoms with Crippen LogP contribution >= 0.6 is 11.6 Å². The number of imidazole rings is 1. The van der Waals surface area contributed by atoms with E-state index in [1.807, 2.05) is 47.9 Å². The maximum Gasteiger partial charge on any atom is 0.329 e. The number of aromatic nitrogens is 4. The SMILES string of the molecule is Cc1ccc(NCc2nc3c(c(=O)[nH]c(=O)n3C)n2Cc2ccc(Cl)cc2)cc1. The normalized spacial score (nSPS) is 11.1. The van der Waals surface area contributed by atoms with Crippen LogP contribution in [0.4, 0.5) is 5.69 Å². The fourth-order valence-electron chi connectivity index (χ4n) is 3.21. The van der Waals surface area contributed by atoms with Gasteiger partial charge < -0.3 is 9.88 Å². The number of H-pyrrole nitrogens is 1. The van der Waals surface area contributed by atoms with Gasteiger partial charge in [0, 0.05) is 24.3 Å². The summed E-state index contributed by atoms with van der Waals surface area (Å²) in [6, 6.07) is 15.4. The molecule has 2 aromatic heterocycles. The number of anilines is 1. The molecule has 7 nitrogen and oxygen atoms in total. The van der Waals surface area contributed by atoms with Gasteiger partial charge in [-0.1, -0.05) is 41.4 Å². The Morgan fingerprint density at radius 3 is 2.45 bits per heavy atom. The third-order valence-electron chi connectivity index (χ3n) is 4.84. The van der Waals surface area contributed by atoms with Crippen molar-refractivity contribution in [2.24, 2.45) is 7.05 Å². The molecule has 8 heteroatoms. The molecule has 2 aromatic carbocycles. The number of nitrogens with zero attached hydrogens (tertiary/aromatic N) is 3. The molecule has 0 saturated heterocycles. The third kappa shape index (κ3) is 3.82. The largest absolute Gasteiger partial charge is 0.378 e. The van der Waals surface area contributed by atoms with Crippen molar-refractivity contribution < 1.29 is 0 Å². The van der Waals surface area contributed by atoms with Gasteiger partial charge in [-0.25, -0.2) is 9.78 Å². The highest BCUT2D eigenvalue weighted by Gasteiger charge is 2.17. The Balaban J connectivity index is 1.78. The van der Waals surface area contributed by atoms with Gasteiger partial charge in [0.2, 0.25) is 0 Å². The number of aromatic amines is 1. The summed E-state index contributed by atoms with van der Waals surface area (Å²) < 4.78 is 3.18. The van der Waals surface area contributed by atoms with Gasteiger partial charge in [-0.3, -0.25) is 14.3 Å². The molecule has 2 heterocycles. The predicted molar refractivity (Wildman–Crippen MR) is 115 cm³/mol. The minimum Gasteiger partial charge on any atom is -0.378 e. The Labute approximate surface area is 171 Å². The van der Waals surface area contributed by atoms with Crippen molar-refractivity contribution >= 4 is 28.5 Å². The van der Waals surface area contributed by atoms with E-state index in [2.05, 4.69) is 15.3 Å². The first-order chi connectivity index (χ1) is 13.9. The number of benzene rings is 2. The van der Waals surface area contributed by atoms with Gasteiger partial charge in [-0.05, 0) is 36.8 Å². The van der Waals surface area contributed by atoms with Crippen LogP contribution in [0, 0.1) is 6.92 Å². The zero-order chi connectivity index (χ0) is 20.5. The first kappa shape index (κ1) is 19.0. The van der Waals surface area contributed by atoms with E-state index < -0.39 is 11.2 Å². The minimum absolute atomic E-state index is 0.355. The molecule has 148 valence electrons. The molecule has 4 rings (SSSR count). The molecule has 4 aromatic rings. The summed E-state index contributed by atoms with van der Waals surface area (Å²) in [5, 5.41) is 3.98. The third-order valence-corrected chi connectivity index (χ3v) is 5.09. The number of nitrogens with one attached hydrogen (secondary N) is 2. The average molecular weight is 410 g/mol. The molecule has 0 radical (unpaired) electrons. The van der Waals surface area contributed by atoms with Crippen LogP contribution in [0.25, 0.3) is 11.2 Å². The quantitative estimate of drug-likeness (QED) is 0.530. The van der Waals surface area contributed by atoms with Gasteiger partial charge in [0.1, 0.15) is 5.82 Å². The summed E-state index contributed by atoms with van der Waals surface area (Å²) in [7, 11) is 1.59. The second-order valence-electron chi connectivity index (χ2n) is 6.95. The number of fused-ring (bicyclic) bond motifs is 1. The van der Waals surface area contributed by atoms with Gasteiger partial charge in [-0.15, -0.1) is 0 Å². The van der Waals surface area contributed by atoms with Crippen molar-refractivity contribution in [1.29, 1.82) is 0 Å². The highest BCUT2D eigenvalue weighted by atomic mass is 35.5. The number of hydrogen-bond donors (Lipinski definition) is 2. The van der Waals surface area contributed by atoms with E-state index in [1.54, 1.807) is 19.2 Å². The number of rotatable bonds is 5. The van der Waals surface area contributed by atoms with Gasteiger partial charge in [-0.2, -0.15) is 0 Å². The highest BCUT2D eigenvalue weighted by Crippen LogP contribution is 2.17. The Bertz CT molecular complexity index is 1280. The molecule has 0 spiro atoms. The van der Waals surface area contributed by atoms with Crippen molar-refractivity contribution in [2.75, 3.05) is 5.32 Å². The molecule has 0 amide bonds. The van der Waals surface area contributed by atoms with E-state index in [1.165, 1.54) is 10.1 Å². The van der Waals surface area contributed by atoms with Crippen molar-refractivity contribution in [1.82, 2.24) is 19.1 Å². The molecule has 0 bridgehead atoms. The van der Waals surface area contributed by atoms with Crippen LogP contribution in [0.2, 0.25) is 5.02 Å². The van der Waals surface area contributed by atoms with Crippen molar-refractivity contribution in [3.63, 3.8) is 0 Å². The average Bonchev–Trinajstić information content (AvgIpc) is 3.06. The molecule has 29 heavy (non-hydrogen) atoms. The highest BCUT2D eigenvalue weighted by molar-refractivity contribution is 6.30. The zero-order valence-corrected chi connectivity index (χ0v) is 16.8. The molecule has 2 N–H and O–H groups in total. The maximum absolute atomic E-state index is 12.6. The summed E-state index contributed by atoms with van der Waals surface area (Å²) >= 11 is 5.99. The van der Waals surface area contributed by atoms with E-state index in [4.69, 9.17) is 11.6 Å². The summed E-state index contributed by atoms with van der Waals surface area (Å²) in [5.74, 6) is 0.655. The lowest BCUT2D eigenvalue weighted by Gasteiger charge is -2.11. The van der Waals surface area contributed by atoms with Crippen LogP contribution in [0.1, 0.15) is 17.0 Å². The Hall–Kier alpha value is -3.32. The summed E-state index contributed by atoms with van der Waals surface area (Å²) in [4.78, 5) is 31.5. The smallest absolute Gasteiger partial charge is 0.329 e. The molecule has 0 aliphatic heterocycles. The van der Waals surface area contributed by atoms with Gasteiger partial charge in [0.25, 0.3) is 5.56 Å². The molecule has 0 unspecified atom stereocenters. The van der Waals surface area contributed by atoms with E-state index >= 15 is 0 Å². The van der Waals surface area contributed by atoms with Gasteiger partial charge in [0.15, 0.2) is 11.2 Å². The zero-order valence-electron chi connectivity index (χ0n) is 16.1. The van der Waals surface area contributed by atoms with Crippen molar-refractivity contribution in [2.45, 2.75) is 20.0 Å². The molecular weight excluding hydrogens is 390 g/mol. The Morgan fingerprint density at radius 1 is 1.07 bits per heavy atom. The standard InChI is InChI=1S/C21H20ClN5O2/c1-13-3-9-16(10-4-13)23-11-17-24-19-18(20(28)25-21(29)26(19)2)27(17)12-14-5-7-15(22)8-6-14/h3-10,23H,11-12H2,1-2H3,(H,25,28,29). The first-order valence-electron chi connectivity index (χ1n) is 9.16. The van der Waals surface area contributed by atoms with E-state index in [-0.39, 0.29) is 0 Å². The molecule has 0 atom stereocenters. The predicted octanol–water partition coefficient (Wildman–Crippen LogP) is 3.05. The van der Waals surface area contributed by atoms with Crippen molar-refractivity contribution in [3.8, 4) is 0 Å². The topological polar surface area (TPSA) is 84.7 Å². The monoisotopic (exact) mass is 409 g/mol. The fraction of sp³-hybridized carbons (Fsp3) is 0.190. The Morgan fingerprint density at radius 2 is 1.76 bits per heavy atom. The van der Waals surface area contributed by atoms with Gasteiger partial charge >= 0.3 is 5.69 Å². The maximum atomic E-state index is 12.6. The van der Waals surface area contributed by atoms with Crippen LogP contribution in [0.5, 0.6) is 0 Å². The lowest BCUT2D eigenvalue weighted by molar-refractivity contribution is 0.753. The second-order valence-corrected chi connectivity index (χ2v) is 7.39. The summed E-state index contributed by atoms with van der Waals surface area (Å²) in [6.45, 7) is 2.86. The number of aryl methyl sites for hydroxylation is 2. The molecule has 0 fully saturated rings. The lowest BCUT2D eigenvalue weighted by Crippen LogP contribution is -2.29. The lowest BCUT2D eigenvalue weighted by atomic mass is 10.2. The van der Waals surface area contributed by atoms with Gasteiger partial charge in [0.05, 0.1) is 6.54 Å². The second kappa shape index (κ2) is 7.60. The van der Waals surface area contributed by atoms with Crippen molar-refractivity contribution in [3.05, 3.63) is 91.3 Å². The van der Waals surface area contributed by atoms with Crippen LogP contribution < -0.4 is 16.6 Å². The van der Waals surface area contributed by atoms with Crippen LogP contribution in [0.3, 0.4) is 0 Å². The number of hydrogen-bond acceptors (Lipinski definition) is 4. The van der Waals surface area contributed by atoms with Crippen LogP contribution in [-0.4, -0.2) is 19.1 Å². The first-order valence-corrected chi connectivity index (χ1v) is 9.53. The minimum atomic E-state index is -0.489. The molecular formula is C21H20ClN5O2. The Kier molecular flexibility index (Phi) is 4.98. The van der Waals surface area contributed by atoms with E-state index in [0.717, 1.165) is 11.3 Å². The van der Waals surface area contributed by atoms with E-state index in [9.17, 15) is 9.59 Å². The van der Waals surface area contributed by atoms with Crippen LogP contribution in [0.15, 0.2) is 58.1 Å². The molecule has 0 aliphatic carbocycles. The molecule has 0 saturated carbocycles. The molecule has 0 aliphatic rings.